The number of hydrogen-bond donors (Lipinski definition) is 2. The third-order valence-electron chi connectivity index (χ3n) is 1.96. The number of rotatable bonds is 5. The molecule has 1 aromatic rings. The van der Waals surface area contributed by atoms with E-state index in [1.807, 2.05) is 36.4 Å². The number of methoxy groups -OCH3 is 1. The van der Waals surface area contributed by atoms with E-state index in [1.54, 1.807) is 6.92 Å². The van der Waals surface area contributed by atoms with Crippen LogP contribution in [0.2, 0.25) is 0 Å². The molecule has 0 unspecified atom stereocenters. The van der Waals surface area contributed by atoms with Crippen LogP contribution in [0.4, 0.5) is 0 Å². The predicted octanol–water partition coefficient (Wildman–Crippen LogP) is 2.38. The van der Waals surface area contributed by atoms with Gasteiger partial charge in [0, 0.05) is 12.2 Å². The zero-order valence-corrected chi connectivity index (χ0v) is 14.9. The van der Waals surface area contributed by atoms with E-state index in [1.165, 1.54) is 12.7 Å². The van der Waals surface area contributed by atoms with Gasteiger partial charge >= 0.3 is 11.9 Å². The van der Waals surface area contributed by atoms with E-state index >= 15 is 0 Å². The molecule has 6 nitrogen and oxygen atoms in total. The lowest BCUT2D eigenvalue weighted by Gasteiger charge is -1.90. The summed E-state index contributed by atoms with van der Waals surface area (Å²) in [6.45, 7) is 11.9. The molecule has 0 bridgehead atoms. The van der Waals surface area contributed by atoms with Gasteiger partial charge in [0.1, 0.15) is 0 Å². The van der Waals surface area contributed by atoms with Gasteiger partial charge in [0.25, 0.3) is 0 Å². The molecule has 0 spiro atoms. The molecule has 0 aliphatic rings. The second-order valence-corrected chi connectivity index (χ2v) is 3.75. The smallest absolute Gasteiger partial charge is 0.330 e. The van der Waals surface area contributed by atoms with Crippen LogP contribution in [0.25, 0.3) is 6.08 Å². The summed E-state index contributed by atoms with van der Waals surface area (Å²) in [5.74, 6) is -0.752. The molecule has 0 fully saturated rings. The number of aliphatic hydroxyl groups is 2. The molecule has 0 amide bonds. The molecule has 0 saturated heterocycles. The van der Waals surface area contributed by atoms with Gasteiger partial charge in [-0.25, -0.2) is 9.59 Å². The first kappa shape index (κ1) is 27.2. The van der Waals surface area contributed by atoms with E-state index in [-0.39, 0.29) is 19.2 Å². The van der Waals surface area contributed by atoms with Crippen molar-refractivity contribution in [2.24, 2.45) is 0 Å². The standard InChI is InChI=1S/C8H8.C5H8O2.C4H6O2.C2H6O2/c1-2-8-6-4-3-5-7-8;1-3-5(6)7-4-2;1-3-4(5)6-2;3-1-2-4/h2-7H,1H2;3H,1,4H2,2H3;3H,1H2,2H3;3-4H,1-2H2. The molecule has 1 rings (SSSR count). The summed E-state index contributed by atoms with van der Waals surface area (Å²) in [6, 6.07) is 10.0. The molecule has 0 heterocycles. The van der Waals surface area contributed by atoms with E-state index in [9.17, 15) is 9.59 Å². The van der Waals surface area contributed by atoms with E-state index in [0.717, 1.165) is 12.2 Å². The lowest BCUT2D eigenvalue weighted by Crippen LogP contribution is -1.97. The van der Waals surface area contributed by atoms with E-state index in [2.05, 4.69) is 29.2 Å². The summed E-state index contributed by atoms with van der Waals surface area (Å²) in [4.78, 5) is 19.9. The first-order valence-electron chi connectivity index (χ1n) is 7.35. The second-order valence-electron chi connectivity index (χ2n) is 3.75. The van der Waals surface area contributed by atoms with Crippen LogP contribution >= 0.6 is 0 Å². The molecule has 0 saturated carbocycles. The minimum Gasteiger partial charge on any atom is -0.466 e. The molecular formula is C19H28O6. The highest BCUT2D eigenvalue weighted by Gasteiger charge is 1.86. The lowest BCUT2D eigenvalue weighted by molar-refractivity contribution is -0.137. The average Bonchev–Trinajstić information content (AvgIpc) is 2.69. The minimum atomic E-state index is -0.394. The van der Waals surface area contributed by atoms with E-state index < -0.39 is 5.97 Å². The van der Waals surface area contributed by atoms with Gasteiger partial charge in [0.05, 0.1) is 26.9 Å². The summed E-state index contributed by atoms with van der Waals surface area (Å²) in [5.41, 5.74) is 1.17. The summed E-state index contributed by atoms with van der Waals surface area (Å²) in [5, 5.41) is 15.2. The van der Waals surface area contributed by atoms with Crippen LogP contribution in [0, 0.1) is 0 Å². The quantitative estimate of drug-likeness (QED) is 0.624. The highest BCUT2D eigenvalue weighted by molar-refractivity contribution is 5.81. The van der Waals surface area contributed by atoms with Gasteiger partial charge in [0.2, 0.25) is 0 Å². The highest BCUT2D eigenvalue weighted by Crippen LogP contribution is 1.97. The van der Waals surface area contributed by atoms with Crippen LogP contribution in [-0.2, 0) is 19.1 Å². The topological polar surface area (TPSA) is 93.1 Å². The Bertz CT molecular complexity index is 466. The summed E-state index contributed by atoms with van der Waals surface area (Å²) >= 11 is 0. The minimum absolute atomic E-state index is 0.125. The average molecular weight is 352 g/mol. The molecule has 0 atom stereocenters. The molecule has 0 aromatic heterocycles. The molecule has 25 heavy (non-hydrogen) atoms. The van der Waals surface area contributed by atoms with Crippen molar-refractivity contribution in [3.8, 4) is 0 Å². The Hall–Kier alpha value is -2.70. The monoisotopic (exact) mass is 352 g/mol. The molecular weight excluding hydrogens is 324 g/mol. The van der Waals surface area contributed by atoms with Crippen LogP contribution in [-0.4, -0.2) is 49.1 Å². The fourth-order valence-electron chi connectivity index (χ4n) is 0.874. The van der Waals surface area contributed by atoms with Crippen LogP contribution in [0.5, 0.6) is 0 Å². The van der Waals surface area contributed by atoms with Crippen LogP contribution < -0.4 is 0 Å². The molecule has 0 aliphatic heterocycles. The largest absolute Gasteiger partial charge is 0.466 e. The zero-order valence-electron chi connectivity index (χ0n) is 14.9. The number of carbonyl (C=O) groups is 2. The number of benzene rings is 1. The SMILES string of the molecule is C=CC(=O)OC.C=CC(=O)OCC.C=Cc1ccccc1.OCCO. The number of carbonyl (C=O) groups excluding carboxylic acids is 2. The molecule has 2 N–H and O–H groups in total. The normalized spacial score (nSPS) is 7.68. The Kier molecular flexibility index (Phi) is 25.6. The molecule has 0 radical (unpaired) electrons. The van der Waals surface area contributed by atoms with Crippen LogP contribution in [0.1, 0.15) is 12.5 Å². The van der Waals surface area contributed by atoms with Crippen molar-refractivity contribution < 1.29 is 29.3 Å². The molecule has 0 aliphatic carbocycles. The Balaban J connectivity index is -0.000000266. The van der Waals surface area contributed by atoms with Gasteiger partial charge < -0.3 is 19.7 Å². The van der Waals surface area contributed by atoms with Crippen molar-refractivity contribution in [1.82, 2.24) is 0 Å². The third kappa shape index (κ3) is 26.5. The number of esters is 2. The Morgan fingerprint density at radius 3 is 1.64 bits per heavy atom. The summed E-state index contributed by atoms with van der Waals surface area (Å²) < 4.78 is 8.58. The van der Waals surface area contributed by atoms with Gasteiger partial charge in [-0.3, -0.25) is 0 Å². The first-order chi connectivity index (χ1) is 12.0. The maximum absolute atomic E-state index is 10.1. The van der Waals surface area contributed by atoms with Crippen LogP contribution in [0.15, 0.2) is 62.2 Å². The summed E-state index contributed by atoms with van der Waals surface area (Å²) in [6.07, 6.45) is 4.09. The number of hydrogen-bond acceptors (Lipinski definition) is 6. The van der Waals surface area contributed by atoms with Gasteiger partial charge in [-0.1, -0.05) is 56.1 Å². The maximum Gasteiger partial charge on any atom is 0.330 e. The zero-order chi connectivity index (χ0) is 19.9. The molecule has 6 heteroatoms. The predicted molar refractivity (Wildman–Crippen MR) is 99.7 cm³/mol. The number of ether oxygens (including phenoxy) is 2. The first-order valence-corrected chi connectivity index (χ1v) is 7.35. The Morgan fingerprint density at radius 1 is 1.00 bits per heavy atom. The van der Waals surface area contributed by atoms with E-state index in [0.29, 0.717) is 6.61 Å². The van der Waals surface area contributed by atoms with Crippen LogP contribution in [0.3, 0.4) is 0 Å². The molecule has 140 valence electrons. The van der Waals surface area contributed by atoms with Crippen molar-refractivity contribution in [2.45, 2.75) is 6.92 Å². The van der Waals surface area contributed by atoms with Crippen molar-refractivity contribution in [1.29, 1.82) is 0 Å². The highest BCUT2D eigenvalue weighted by atomic mass is 16.5. The maximum atomic E-state index is 10.1. The van der Waals surface area contributed by atoms with Gasteiger partial charge in [-0.15, -0.1) is 0 Å². The van der Waals surface area contributed by atoms with Gasteiger partial charge in [0.15, 0.2) is 0 Å². The lowest BCUT2D eigenvalue weighted by atomic mass is 10.2. The Morgan fingerprint density at radius 2 is 1.48 bits per heavy atom. The number of aliphatic hydroxyl groups excluding tert-OH is 2. The van der Waals surface area contributed by atoms with E-state index in [4.69, 9.17) is 10.2 Å². The van der Waals surface area contributed by atoms with Crippen molar-refractivity contribution in [2.75, 3.05) is 26.9 Å². The fourth-order valence-corrected chi connectivity index (χ4v) is 0.874. The van der Waals surface area contributed by atoms with Crippen molar-refractivity contribution in [3.63, 3.8) is 0 Å². The van der Waals surface area contributed by atoms with Crippen molar-refractivity contribution in [3.05, 3.63) is 67.8 Å². The Labute approximate surface area is 149 Å². The molecule has 1 aromatic carbocycles. The van der Waals surface area contributed by atoms with Gasteiger partial charge in [-0.2, -0.15) is 0 Å². The second kappa shape index (κ2) is 23.6. The summed E-state index contributed by atoms with van der Waals surface area (Å²) in [7, 11) is 1.31. The van der Waals surface area contributed by atoms with Crippen molar-refractivity contribution >= 4 is 18.0 Å². The van der Waals surface area contributed by atoms with Gasteiger partial charge in [-0.05, 0) is 12.5 Å². The fraction of sp³-hybridized carbons (Fsp3) is 0.263. The third-order valence-corrected chi connectivity index (χ3v) is 1.96.